The quantitative estimate of drug-likeness (QED) is 0.800. The maximum absolute atomic E-state index is 13.6. The van der Waals surface area contributed by atoms with Crippen molar-refractivity contribution >= 4 is 0 Å². The third-order valence-corrected chi connectivity index (χ3v) is 2.00. The van der Waals surface area contributed by atoms with Gasteiger partial charge in [0.05, 0.1) is 5.56 Å². The van der Waals surface area contributed by atoms with Crippen LogP contribution in [-0.4, -0.2) is 5.54 Å². The van der Waals surface area contributed by atoms with Crippen molar-refractivity contribution in [2.45, 2.75) is 31.7 Å². The second-order valence-electron chi connectivity index (χ2n) is 4.49. The third-order valence-electron chi connectivity index (χ3n) is 2.00. The molecule has 90 valence electrons. The van der Waals surface area contributed by atoms with Crippen LogP contribution < -0.4 is 5.73 Å². The fourth-order valence-electron chi connectivity index (χ4n) is 1.45. The lowest BCUT2D eigenvalue weighted by Gasteiger charge is -2.26. The van der Waals surface area contributed by atoms with E-state index in [9.17, 15) is 17.6 Å². The van der Waals surface area contributed by atoms with Gasteiger partial charge in [-0.15, -0.1) is 0 Å². The second kappa shape index (κ2) is 4.05. The summed E-state index contributed by atoms with van der Waals surface area (Å²) in [5, 5.41) is 0. The molecule has 0 radical (unpaired) electrons. The summed E-state index contributed by atoms with van der Waals surface area (Å²) in [5.74, 6) is -5.51. The second-order valence-corrected chi connectivity index (χ2v) is 4.49. The molecule has 0 saturated heterocycles. The molecule has 1 nitrogen and oxygen atoms in total. The summed E-state index contributed by atoms with van der Waals surface area (Å²) in [6.07, 6.45) is -0.750. The molecule has 1 rings (SSSR count). The first-order valence-electron chi connectivity index (χ1n) is 4.74. The molecular weight excluding hydrogens is 222 g/mol. The van der Waals surface area contributed by atoms with Crippen LogP contribution in [0.2, 0.25) is 0 Å². The van der Waals surface area contributed by atoms with E-state index in [0.29, 0.717) is 12.1 Å². The van der Waals surface area contributed by atoms with Crippen LogP contribution >= 0.6 is 0 Å². The minimum Gasteiger partial charge on any atom is -0.325 e. The van der Waals surface area contributed by atoms with Crippen molar-refractivity contribution in [1.82, 2.24) is 0 Å². The molecule has 16 heavy (non-hydrogen) atoms. The zero-order valence-corrected chi connectivity index (χ0v) is 9.03. The number of alkyl halides is 2. The van der Waals surface area contributed by atoms with Crippen molar-refractivity contribution in [3.05, 3.63) is 35.4 Å². The lowest BCUT2D eigenvalue weighted by Crippen LogP contribution is -2.38. The monoisotopic (exact) mass is 235 g/mol. The average molecular weight is 235 g/mol. The van der Waals surface area contributed by atoms with Gasteiger partial charge in [-0.3, -0.25) is 0 Å². The molecule has 0 fully saturated rings. The van der Waals surface area contributed by atoms with E-state index < -0.39 is 35.1 Å². The number of rotatable bonds is 3. The minimum atomic E-state index is -3.48. The highest BCUT2D eigenvalue weighted by atomic mass is 19.3. The largest absolute Gasteiger partial charge is 0.325 e. The van der Waals surface area contributed by atoms with E-state index in [0.717, 1.165) is 6.07 Å². The molecule has 0 aromatic heterocycles. The number of nitrogens with two attached hydrogens (primary N) is 1. The molecular formula is C11H13F4N. The van der Waals surface area contributed by atoms with Crippen LogP contribution in [0.15, 0.2) is 18.2 Å². The normalized spacial score (nSPS) is 12.9. The van der Waals surface area contributed by atoms with Crippen LogP contribution in [0.3, 0.4) is 0 Å². The van der Waals surface area contributed by atoms with Gasteiger partial charge in [-0.25, -0.2) is 17.6 Å². The molecule has 0 aliphatic rings. The van der Waals surface area contributed by atoms with Crippen LogP contribution in [0.4, 0.5) is 17.6 Å². The Morgan fingerprint density at radius 2 is 1.75 bits per heavy atom. The molecule has 0 saturated carbocycles. The zero-order chi connectivity index (χ0) is 12.6. The topological polar surface area (TPSA) is 26.0 Å². The number of hydrogen-bond donors (Lipinski definition) is 1. The first-order valence-corrected chi connectivity index (χ1v) is 4.74. The Morgan fingerprint density at radius 1 is 1.19 bits per heavy atom. The molecule has 5 heteroatoms. The van der Waals surface area contributed by atoms with Gasteiger partial charge in [-0.05, 0) is 32.0 Å². The molecule has 0 bridgehead atoms. The summed E-state index contributed by atoms with van der Waals surface area (Å²) >= 11 is 0. The Balaban J connectivity index is 3.11. The van der Waals surface area contributed by atoms with Crippen LogP contribution in [0.1, 0.15) is 25.8 Å². The summed E-state index contributed by atoms with van der Waals surface area (Å²) in [7, 11) is 0. The van der Waals surface area contributed by atoms with E-state index in [4.69, 9.17) is 5.73 Å². The van der Waals surface area contributed by atoms with E-state index in [-0.39, 0.29) is 0 Å². The van der Waals surface area contributed by atoms with E-state index in [1.807, 2.05) is 0 Å². The van der Waals surface area contributed by atoms with Crippen LogP contribution in [-0.2, 0) is 5.92 Å². The van der Waals surface area contributed by atoms with Crippen molar-refractivity contribution in [3.63, 3.8) is 0 Å². The van der Waals surface area contributed by atoms with Gasteiger partial charge < -0.3 is 5.73 Å². The Kier molecular flexibility index (Phi) is 3.28. The summed E-state index contributed by atoms with van der Waals surface area (Å²) < 4.78 is 53.1. The standard InChI is InChI=1S/C11H13F4N/c1-10(2,16)6-11(14,15)8-5-7(12)3-4-9(8)13/h3-5H,6,16H2,1-2H3. The Labute approximate surface area is 91.3 Å². The maximum atomic E-state index is 13.6. The first kappa shape index (κ1) is 13.0. The van der Waals surface area contributed by atoms with Crippen molar-refractivity contribution in [2.24, 2.45) is 5.73 Å². The molecule has 1 aromatic rings. The van der Waals surface area contributed by atoms with Gasteiger partial charge >= 0.3 is 0 Å². The van der Waals surface area contributed by atoms with Crippen molar-refractivity contribution in [1.29, 1.82) is 0 Å². The van der Waals surface area contributed by atoms with Gasteiger partial charge in [-0.1, -0.05) is 0 Å². The molecule has 0 heterocycles. The maximum Gasteiger partial charge on any atom is 0.277 e. The number of halogens is 4. The zero-order valence-electron chi connectivity index (χ0n) is 9.03. The fraction of sp³-hybridized carbons (Fsp3) is 0.455. The Morgan fingerprint density at radius 3 is 2.25 bits per heavy atom. The van der Waals surface area contributed by atoms with E-state index in [2.05, 4.69) is 0 Å². The summed E-state index contributed by atoms with van der Waals surface area (Å²) in [5.41, 5.74) is 3.33. The van der Waals surface area contributed by atoms with E-state index >= 15 is 0 Å². The van der Waals surface area contributed by atoms with E-state index in [1.54, 1.807) is 0 Å². The van der Waals surface area contributed by atoms with Gasteiger partial charge in [0.25, 0.3) is 5.92 Å². The molecule has 1 aromatic carbocycles. The van der Waals surface area contributed by atoms with Gasteiger partial charge in [0.2, 0.25) is 0 Å². The van der Waals surface area contributed by atoms with Gasteiger partial charge in [0.15, 0.2) is 0 Å². The smallest absolute Gasteiger partial charge is 0.277 e. The van der Waals surface area contributed by atoms with Gasteiger partial charge in [0.1, 0.15) is 11.6 Å². The molecule has 0 aliphatic carbocycles. The minimum absolute atomic E-state index is 0.501. The molecule has 2 N–H and O–H groups in total. The molecule has 0 atom stereocenters. The molecule has 0 aliphatic heterocycles. The molecule has 0 spiro atoms. The van der Waals surface area contributed by atoms with Crippen LogP contribution in [0, 0.1) is 11.6 Å². The summed E-state index contributed by atoms with van der Waals surface area (Å²) in [6.45, 7) is 2.80. The fourth-order valence-corrected chi connectivity index (χ4v) is 1.45. The van der Waals surface area contributed by atoms with Crippen LogP contribution in [0.5, 0.6) is 0 Å². The Hall–Kier alpha value is -1.10. The first-order chi connectivity index (χ1) is 7.12. The lowest BCUT2D eigenvalue weighted by molar-refractivity contribution is -0.0329. The Bertz CT molecular complexity index is 382. The predicted molar refractivity (Wildman–Crippen MR) is 53.1 cm³/mol. The van der Waals surface area contributed by atoms with Crippen LogP contribution in [0.25, 0.3) is 0 Å². The summed E-state index contributed by atoms with van der Waals surface area (Å²) in [6, 6.07) is 1.98. The highest BCUT2D eigenvalue weighted by Gasteiger charge is 2.39. The summed E-state index contributed by atoms with van der Waals surface area (Å²) in [4.78, 5) is 0. The third kappa shape index (κ3) is 3.20. The number of hydrogen-bond acceptors (Lipinski definition) is 1. The van der Waals surface area contributed by atoms with Crippen molar-refractivity contribution in [3.8, 4) is 0 Å². The molecule has 0 amide bonds. The van der Waals surface area contributed by atoms with Gasteiger partial charge in [0, 0.05) is 12.0 Å². The number of benzene rings is 1. The SMILES string of the molecule is CC(C)(N)CC(F)(F)c1cc(F)ccc1F. The lowest BCUT2D eigenvalue weighted by atomic mass is 9.93. The van der Waals surface area contributed by atoms with Gasteiger partial charge in [-0.2, -0.15) is 0 Å². The highest BCUT2D eigenvalue weighted by molar-refractivity contribution is 5.23. The highest BCUT2D eigenvalue weighted by Crippen LogP contribution is 2.36. The average Bonchev–Trinajstić information content (AvgIpc) is 2.04. The van der Waals surface area contributed by atoms with Crippen molar-refractivity contribution in [2.75, 3.05) is 0 Å². The van der Waals surface area contributed by atoms with E-state index in [1.165, 1.54) is 13.8 Å². The molecule has 0 unspecified atom stereocenters. The predicted octanol–water partition coefficient (Wildman–Crippen LogP) is 3.18. The van der Waals surface area contributed by atoms with Crippen molar-refractivity contribution < 1.29 is 17.6 Å².